The molecule has 2 rings (SSSR count). The van der Waals surface area contributed by atoms with E-state index in [0.717, 1.165) is 12.8 Å². The molecule has 54 valence electrons. The molecule has 0 radical (unpaired) electrons. The summed E-state index contributed by atoms with van der Waals surface area (Å²) in [5.41, 5.74) is 0. The van der Waals surface area contributed by atoms with Crippen molar-refractivity contribution in [1.82, 2.24) is 0 Å². The van der Waals surface area contributed by atoms with Crippen LogP contribution >= 0.6 is 0 Å². The Morgan fingerprint density at radius 3 is 3.10 bits per heavy atom. The molecule has 0 aromatic heterocycles. The number of Topliss-reactive ketones (excluding diaryl/α,β-unsaturated/α-hetero) is 1. The molecule has 0 amide bonds. The van der Waals surface area contributed by atoms with Crippen LogP contribution in [0.4, 0.5) is 0 Å². The van der Waals surface area contributed by atoms with E-state index in [9.17, 15) is 4.79 Å². The molecule has 0 N–H and O–H groups in total. The van der Waals surface area contributed by atoms with Gasteiger partial charge >= 0.3 is 0 Å². The molecule has 0 aromatic rings. The molecular weight excluding hydrogens is 124 g/mol. The lowest BCUT2D eigenvalue weighted by molar-refractivity contribution is -0.119. The monoisotopic (exact) mass is 136 g/mol. The van der Waals surface area contributed by atoms with E-state index in [2.05, 4.69) is 19.1 Å². The molecule has 1 fully saturated rings. The minimum atomic E-state index is 0.301. The summed E-state index contributed by atoms with van der Waals surface area (Å²) in [4.78, 5) is 11.2. The zero-order valence-corrected chi connectivity index (χ0v) is 6.21. The normalized spacial score (nSPS) is 44.5. The molecule has 0 bridgehead atoms. The van der Waals surface area contributed by atoms with Crippen molar-refractivity contribution in [3.63, 3.8) is 0 Å². The summed E-state index contributed by atoms with van der Waals surface area (Å²) in [5.74, 6) is 2.06. The number of ketones is 1. The van der Waals surface area contributed by atoms with Crippen LogP contribution in [0.15, 0.2) is 12.2 Å². The van der Waals surface area contributed by atoms with Gasteiger partial charge in [0.1, 0.15) is 5.78 Å². The maximum atomic E-state index is 11.2. The van der Waals surface area contributed by atoms with Crippen LogP contribution in [0.1, 0.15) is 19.8 Å². The lowest BCUT2D eigenvalue weighted by atomic mass is 9.93. The van der Waals surface area contributed by atoms with Crippen LogP contribution in [0, 0.1) is 17.8 Å². The van der Waals surface area contributed by atoms with Gasteiger partial charge in [-0.15, -0.1) is 0 Å². The molecule has 1 nitrogen and oxygen atoms in total. The van der Waals surface area contributed by atoms with E-state index in [0.29, 0.717) is 23.5 Å². The second-order valence-corrected chi connectivity index (χ2v) is 3.50. The van der Waals surface area contributed by atoms with E-state index in [4.69, 9.17) is 0 Å². The molecule has 3 unspecified atom stereocenters. The highest BCUT2D eigenvalue weighted by Gasteiger charge is 2.39. The van der Waals surface area contributed by atoms with Crippen LogP contribution in [-0.2, 0) is 4.79 Å². The first-order chi connectivity index (χ1) is 4.79. The van der Waals surface area contributed by atoms with Crippen LogP contribution in [0.5, 0.6) is 0 Å². The highest BCUT2D eigenvalue weighted by molar-refractivity contribution is 5.86. The first kappa shape index (κ1) is 6.14. The second kappa shape index (κ2) is 1.94. The fourth-order valence-electron chi connectivity index (χ4n) is 2.21. The third-order valence-electron chi connectivity index (χ3n) is 2.84. The number of allylic oxidation sites excluding steroid dienone is 2. The SMILES string of the molecule is CC1CC(=O)C2C=CCC12. The van der Waals surface area contributed by atoms with Gasteiger partial charge < -0.3 is 0 Å². The highest BCUT2D eigenvalue weighted by atomic mass is 16.1. The Bertz CT molecular complexity index is 193. The summed E-state index contributed by atoms with van der Waals surface area (Å²) in [6.45, 7) is 2.19. The van der Waals surface area contributed by atoms with E-state index in [1.165, 1.54) is 0 Å². The number of carbonyl (C=O) groups excluding carboxylic acids is 1. The Hall–Kier alpha value is -0.590. The largest absolute Gasteiger partial charge is 0.299 e. The maximum absolute atomic E-state index is 11.2. The van der Waals surface area contributed by atoms with Gasteiger partial charge in [-0.05, 0) is 18.3 Å². The summed E-state index contributed by atoms with van der Waals surface area (Å²) < 4.78 is 0. The number of rotatable bonds is 0. The molecule has 3 atom stereocenters. The van der Waals surface area contributed by atoms with Crippen LogP contribution < -0.4 is 0 Å². The number of hydrogen-bond acceptors (Lipinski definition) is 1. The summed E-state index contributed by atoms with van der Waals surface area (Å²) >= 11 is 0. The quantitative estimate of drug-likeness (QED) is 0.464. The van der Waals surface area contributed by atoms with Gasteiger partial charge in [-0.2, -0.15) is 0 Å². The van der Waals surface area contributed by atoms with Gasteiger partial charge in [-0.3, -0.25) is 4.79 Å². The zero-order valence-electron chi connectivity index (χ0n) is 6.21. The van der Waals surface area contributed by atoms with Crippen molar-refractivity contribution in [3.05, 3.63) is 12.2 Å². The summed E-state index contributed by atoms with van der Waals surface area (Å²) in [6, 6.07) is 0. The zero-order chi connectivity index (χ0) is 7.14. The Labute approximate surface area is 61.1 Å². The Kier molecular flexibility index (Phi) is 1.19. The fourth-order valence-corrected chi connectivity index (χ4v) is 2.21. The molecule has 0 spiro atoms. The van der Waals surface area contributed by atoms with Gasteiger partial charge in [0.2, 0.25) is 0 Å². The van der Waals surface area contributed by atoms with Crippen molar-refractivity contribution in [3.8, 4) is 0 Å². The van der Waals surface area contributed by atoms with Crippen LogP contribution in [0.3, 0.4) is 0 Å². The number of hydrogen-bond donors (Lipinski definition) is 0. The van der Waals surface area contributed by atoms with Gasteiger partial charge in [0.15, 0.2) is 0 Å². The first-order valence-electron chi connectivity index (χ1n) is 3.98. The van der Waals surface area contributed by atoms with Gasteiger partial charge in [0.05, 0.1) is 0 Å². The van der Waals surface area contributed by atoms with Crippen LogP contribution in [-0.4, -0.2) is 5.78 Å². The fraction of sp³-hybridized carbons (Fsp3) is 0.667. The van der Waals surface area contributed by atoms with Crippen molar-refractivity contribution < 1.29 is 4.79 Å². The maximum Gasteiger partial charge on any atom is 0.140 e. The summed E-state index contributed by atoms with van der Waals surface area (Å²) in [5, 5.41) is 0. The lowest BCUT2D eigenvalue weighted by Gasteiger charge is -2.10. The van der Waals surface area contributed by atoms with Gasteiger partial charge in [-0.1, -0.05) is 19.1 Å². The van der Waals surface area contributed by atoms with Gasteiger partial charge in [0, 0.05) is 12.3 Å². The second-order valence-electron chi connectivity index (χ2n) is 3.50. The Morgan fingerprint density at radius 1 is 1.60 bits per heavy atom. The smallest absolute Gasteiger partial charge is 0.140 e. The molecule has 1 heteroatoms. The predicted octanol–water partition coefficient (Wildman–Crippen LogP) is 1.79. The number of carbonyl (C=O) groups is 1. The standard InChI is InChI=1S/C9H12O/c1-6-5-9(10)8-4-2-3-7(6)8/h2,4,6-8H,3,5H2,1H3. The van der Waals surface area contributed by atoms with E-state index in [1.807, 2.05) is 0 Å². The van der Waals surface area contributed by atoms with Gasteiger partial charge in [-0.25, -0.2) is 0 Å². The summed E-state index contributed by atoms with van der Waals surface area (Å²) in [6.07, 6.45) is 6.20. The molecule has 10 heavy (non-hydrogen) atoms. The van der Waals surface area contributed by atoms with Crippen molar-refractivity contribution in [1.29, 1.82) is 0 Å². The van der Waals surface area contributed by atoms with Gasteiger partial charge in [0.25, 0.3) is 0 Å². The van der Waals surface area contributed by atoms with Crippen molar-refractivity contribution in [2.45, 2.75) is 19.8 Å². The van der Waals surface area contributed by atoms with Crippen LogP contribution in [0.25, 0.3) is 0 Å². The minimum Gasteiger partial charge on any atom is -0.299 e. The molecule has 2 aliphatic rings. The third kappa shape index (κ3) is 0.664. The average molecular weight is 136 g/mol. The molecule has 0 heterocycles. The molecule has 0 aromatic carbocycles. The van der Waals surface area contributed by atoms with Crippen LogP contribution in [0.2, 0.25) is 0 Å². The van der Waals surface area contributed by atoms with Crippen molar-refractivity contribution in [2.75, 3.05) is 0 Å². The molecule has 0 saturated heterocycles. The number of fused-ring (bicyclic) bond motifs is 1. The Balaban J connectivity index is 2.25. The van der Waals surface area contributed by atoms with Crippen molar-refractivity contribution >= 4 is 5.78 Å². The van der Waals surface area contributed by atoms with E-state index in [1.54, 1.807) is 0 Å². The average Bonchev–Trinajstić information content (AvgIpc) is 2.39. The first-order valence-corrected chi connectivity index (χ1v) is 3.98. The lowest BCUT2D eigenvalue weighted by Crippen LogP contribution is -2.08. The third-order valence-corrected chi connectivity index (χ3v) is 2.84. The molecule has 1 saturated carbocycles. The molecular formula is C9H12O. The highest BCUT2D eigenvalue weighted by Crippen LogP contribution is 2.41. The minimum absolute atomic E-state index is 0.301. The molecule has 2 aliphatic carbocycles. The summed E-state index contributed by atoms with van der Waals surface area (Å²) in [7, 11) is 0. The molecule has 0 aliphatic heterocycles. The van der Waals surface area contributed by atoms with Crippen molar-refractivity contribution in [2.24, 2.45) is 17.8 Å². The Morgan fingerprint density at radius 2 is 2.40 bits per heavy atom. The van der Waals surface area contributed by atoms with E-state index < -0.39 is 0 Å². The van der Waals surface area contributed by atoms with E-state index >= 15 is 0 Å². The van der Waals surface area contributed by atoms with E-state index in [-0.39, 0.29) is 0 Å². The topological polar surface area (TPSA) is 17.1 Å². The predicted molar refractivity (Wildman–Crippen MR) is 39.5 cm³/mol.